The average molecular weight is 404 g/mol. The molecule has 0 atom stereocenters. The minimum Gasteiger partial charge on any atom is -0.369 e. The van der Waals surface area contributed by atoms with Gasteiger partial charge in [0.15, 0.2) is 0 Å². The summed E-state index contributed by atoms with van der Waals surface area (Å²) in [5.74, 6) is 0.185. The Morgan fingerprint density at radius 1 is 0.967 bits per heavy atom. The van der Waals surface area contributed by atoms with Crippen molar-refractivity contribution in [1.82, 2.24) is 4.90 Å². The number of carbonyl (C=O) groups excluding carboxylic acids is 1. The highest BCUT2D eigenvalue weighted by molar-refractivity contribution is 6.02. The molecule has 30 heavy (non-hydrogen) atoms. The largest absolute Gasteiger partial charge is 0.369 e. The number of carbonyl (C=O) groups is 1. The number of hydrogen-bond donors (Lipinski definition) is 0. The van der Waals surface area contributed by atoms with E-state index in [1.807, 2.05) is 4.90 Å². The smallest absolute Gasteiger partial charge is 0.241 e. The first kappa shape index (κ1) is 20.7. The van der Waals surface area contributed by atoms with Crippen LogP contribution in [-0.4, -0.2) is 49.1 Å². The van der Waals surface area contributed by atoms with Gasteiger partial charge in [0, 0.05) is 37.4 Å². The first-order chi connectivity index (χ1) is 14.3. The van der Waals surface area contributed by atoms with Crippen LogP contribution in [0.3, 0.4) is 0 Å². The van der Waals surface area contributed by atoms with Gasteiger partial charge in [0.1, 0.15) is 0 Å². The Balaban J connectivity index is 1.51. The van der Waals surface area contributed by atoms with Gasteiger partial charge < -0.3 is 9.80 Å². The number of piperazine rings is 1. The molecular formula is C26H33N3O. The summed E-state index contributed by atoms with van der Waals surface area (Å²) in [6, 6.07) is 14.9. The van der Waals surface area contributed by atoms with Crippen LogP contribution in [0.5, 0.6) is 0 Å². The summed E-state index contributed by atoms with van der Waals surface area (Å²) in [5, 5.41) is 0. The molecule has 2 aromatic rings. The van der Waals surface area contributed by atoms with Crippen LogP contribution in [0.15, 0.2) is 48.5 Å². The van der Waals surface area contributed by atoms with E-state index in [9.17, 15) is 4.79 Å². The molecule has 0 aliphatic carbocycles. The van der Waals surface area contributed by atoms with Gasteiger partial charge in [-0.1, -0.05) is 35.9 Å². The second-order valence-corrected chi connectivity index (χ2v) is 9.29. The molecule has 158 valence electrons. The topological polar surface area (TPSA) is 26.8 Å². The summed E-state index contributed by atoms with van der Waals surface area (Å²) >= 11 is 0. The molecule has 0 aromatic heterocycles. The lowest BCUT2D eigenvalue weighted by Gasteiger charge is -2.44. The quantitative estimate of drug-likeness (QED) is 0.746. The van der Waals surface area contributed by atoms with Gasteiger partial charge in [0.2, 0.25) is 5.91 Å². The minimum atomic E-state index is -0.333. The van der Waals surface area contributed by atoms with E-state index in [2.05, 4.69) is 93.0 Å². The number of amides is 1. The zero-order valence-electron chi connectivity index (χ0n) is 18.9. The van der Waals surface area contributed by atoms with Crippen LogP contribution in [0.4, 0.5) is 11.4 Å². The molecule has 0 spiro atoms. The fourth-order valence-electron chi connectivity index (χ4n) is 5.03. The van der Waals surface area contributed by atoms with Gasteiger partial charge in [-0.25, -0.2) is 0 Å². The van der Waals surface area contributed by atoms with Gasteiger partial charge in [-0.05, 0) is 64.0 Å². The minimum absolute atomic E-state index is 0.185. The van der Waals surface area contributed by atoms with Crippen molar-refractivity contribution in [3.63, 3.8) is 0 Å². The van der Waals surface area contributed by atoms with E-state index in [0.29, 0.717) is 6.54 Å². The molecule has 2 aliphatic rings. The van der Waals surface area contributed by atoms with Gasteiger partial charge in [-0.15, -0.1) is 0 Å². The molecule has 2 heterocycles. The van der Waals surface area contributed by atoms with Crippen LogP contribution in [-0.2, 0) is 4.79 Å². The maximum absolute atomic E-state index is 13.6. The Kier molecular flexibility index (Phi) is 5.46. The van der Waals surface area contributed by atoms with Crippen LogP contribution in [0, 0.1) is 13.8 Å². The number of benzene rings is 2. The number of anilines is 2. The van der Waals surface area contributed by atoms with Crippen molar-refractivity contribution in [3.8, 4) is 0 Å². The van der Waals surface area contributed by atoms with E-state index >= 15 is 0 Å². The molecule has 0 unspecified atom stereocenters. The molecule has 2 aliphatic heterocycles. The maximum atomic E-state index is 13.6. The summed E-state index contributed by atoms with van der Waals surface area (Å²) in [4.78, 5) is 20.3. The summed E-state index contributed by atoms with van der Waals surface area (Å²) in [5.41, 5.74) is 6.87. The van der Waals surface area contributed by atoms with Gasteiger partial charge in [-0.2, -0.15) is 0 Å². The zero-order valence-corrected chi connectivity index (χ0v) is 18.9. The molecule has 0 bridgehead atoms. The standard InChI is InChI=1S/C26H33N3O/c1-19-15-20(2)25-23(16-19)21(3)17-26(4,5)29(25)24(30)18-27-11-13-28(14-12-27)22-9-7-6-8-10-22/h6-10,15-17H,11-14,18H2,1-5H3. The highest BCUT2D eigenvalue weighted by atomic mass is 16.2. The second-order valence-electron chi connectivity index (χ2n) is 9.29. The van der Waals surface area contributed by atoms with Crippen molar-refractivity contribution < 1.29 is 4.79 Å². The van der Waals surface area contributed by atoms with Gasteiger partial charge >= 0.3 is 0 Å². The van der Waals surface area contributed by atoms with Gasteiger partial charge in [-0.3, -0.25) is 9.69 Å². The number of allylic oxidation sites excluding steroid dienone is 1. The highest BCUT2D eigenvalue weighted by Gasteiger charge is 2.37. The lowest BCUT2D eigenvalue weighted by molar-refractivity contribution is -0.120. The number of rotatable bonds is 3. The molecule has 4 rings (SSSR count). The highest BCUT2D eigenvalue weighted by Crippen LogP contribution is 2.41. The number of fused-ring (bicyclic) bond motifs is 1. The summed E-state index contributed by atoms with van der Waals surface area (Å²) in [6.45, 7) is 14.9. The number of aryl methyl sites for hydroxylation is 2. The first-order valence-electron chi connectivity index (χ1n) is 10.9. The molecule has 1 fully saturated rings. The van der Waals surface area contributed by atoms with Gasteiger partial charge in [0.25, 0.3) is 0 Å². The molecular weight excluding hydrogens is 370 g/mol. The molecule has 4 heteroatoms. The van der Waals surface area contributed by atoms with Crippen molar-refractivity contribution in [2.45, 2.75) is 40.2 Å². The van der Waals surface area contributed by atoms with Crippen LogP contribution < -0.4 is 9.80 Å². The van der Waals surface area contributed by atoms with E-state index in [1.165, 1.54) is 28.0 Å². The molecule has 0 N–H and O–H groups in total. The Hall–Kier alpha value is -2.59. The molecule has 4 nitrogen and oxygen atoms in total. The van der Waals surface area contributed by atoms with E-state index in [0.717, 1.165) is 31.9 Å². The number of nitrogens with zero attached hydrogens (tertiary/aromatic N) is 3. The lowest BCUT2D eigenvalue weighted by Crippen LogP contribution is -2.55. The SMILES string of the molecule is CC1=CC(C)(C)N(C(=O)CN2CCN(c3ccccc3)CC2)c2c(C)cc(C)cc21. The predicted molar refractivity (Wildman–Crippen MR) is 126 cm³/mol. The Bertz CT molecular complexity index is 969. The number of para-hydroxylation sites is 1. The van der Waals surface area contributed by atoms with Crippen molar-refractivity contribution in [2.75, 3.05) is 42.5 Å². The Labute approximate surface area is 180 Å². The molecule has 0 radical (unpaired) electrons. The van der Waals surface area contributed by atoms with Crippen molar-refractivity contribution in [1.29, 1.82) is 0 Å². The van der Waals surface area contributed by atoms with Crippen molar-refractivity contribution in [2.24, 2.45) is 0 Å². The number of hydrogen-bond acceptors (Lipinski definition) is 3. The van der Waals surface area contributed by atoms with E-state index in [1.54, 1.807) is 0 Å². The maximum Gasteiger partial charge on any atom is 0.241 e. The van der Waals surface area contributed by atoms with Gasteiger partial charge in [0.05, 0.1) is 17.8 Å². The monoisotopic (exact) mass is 403 g/mol. The van der Waals surface area contributed by atoms with E-state index < -0.39 is 0 Å². The third-order valence-corrected chi connectivity index (χ3v) is 6.34. The first-order valence-corrected chi connectivity index (χ1v) is 10.9. The fraction of sp³-hybridized carbons (Fsp3) is 0.423. The summed E-state index contributed by atoms with van der Waals surface area (Å²) < 4.78 is 0. The molecule has 1 amide bonds. The van der Waals surface area contributed by atoms with Crippen molar-refractivity contribution in [3.05, 3.63) is 65.2 Å². The normalized spacial score (nSPS) is 18.8. The summed E-state index contributed by atoms with van der Waals surface area (Å²) in [6.07, 6.45) is 2.24. The predicted octanol–water partition coefficient (Wildman–Crippen LogP) is 4.65. The van der Waals surface area contributed by atoms with Crippen molar-refractivity contribution >= 4 is 22.9 Å². The third kappa shape index (κ3) is 3.89. The Morgan fingerprint density at radius 3 is 2.30 bits per heavy atom. The van der Waals surface area contributed by atoms with Crippen LogP contribution in [0.1, 0.15) is 37.5 Å². The average Bonchev–Trinajstić information content (AvgIpc) is 2.69. The Morgan fingerprint density at radius 2 is 1.63 bits per heavy atom. The van der Waals surface area contributed by atoms with E-state index in [4.69, 9.17) is 0 Å². The molecule has 2 aromatic carbocycles. The third-order valence-electron chi connectivity index (χ3n) is 6.34. The zero-order chi connectivity index (χ0) is 21.5. The van der Waals surface area contributed by atoms with Crippen LogP contribution >= 0.6 is 0 Å². The molecule has 0 saturated carbocycles. The second kappa shape index (κ2) is 7.92. The van der Waals surface area contributed by atoms with Crippen LogP contribution in [0.25, 0.3) is 5.57 Å². The van der Waals surface area contributed by atoms with Crippen LogP contribution in [0.2, 0.25) is 0 Å². The summed E-state index contributed by atoms with van der Waals surface area (Å²) in [7, 11) is 0. The lowest BCUT2D eigenvalue weighted by atomic mass is 9.86. The fourth-order valence-corrected chi connectivity index (χ4v) is 5.03. The van der Waals surface area contributed by atoms with E-state index in [-0.39, 0.29) is 11.4 Å². The molecule has 1 saturated heterocycles.